The summed E-state index contributed by atoms with van der Waals surface area (Å²) in [5.74, 6) is 2.01. The van der Waals surface area contributed by atoms with Crippen LogP contribution in [0.4, 0.5) is 0 Å². The van der Waals surface area contributed by atoms with Crippen LogP contribution in [0, 0.1) is 6.92 Å². The zero-order valence-corrected chi connectivity index (χ0v) is 12.6. The number of hydrogen-bond donors (Lipinski definition) is 0. The van der Waals surface area contributed by atoms with Crippen LogP contribution in [0.5, 0.6) is 5.75 Å². The van der Waals surface area contributed by atoms with E-state index in [0.29, 0.717) is 6.42 Å². The van der Waals surface area contributed by atoms with Gasteiger partial charge in [-0.3, -0.25) is 4.79 Å². The van der Waals surface area contributed by atoms with Gasteiger partial charge in [-0.2, -0.15) is 0 Å². The van der Waals surface area contributed by atoms with Crippen molar-refractivity contribution in [3.05, 3.63) is 76.6 Å². The topological polar surface area (TPSA) is 26.3 Å². The number of ketones is 1. The molecule has 0 radical (unpaired) electrons. The molecule has 0 spiro atoms. The molecule has 1 heterocycles. The fourth-order valence-electron chi connectivity index (χ4n) is 3.47. The van der Waals surface area contributed by atoms with Crippen LogP contribution in [0.1, 0.15) is 41.9 Å². The van der Waals surface area contributed by atoms with Gasteiger partial charge in [0.15, 0.2) is 5.78 Å². The highest BCUT2D eigenvalue weighted by molar-refractivity contribution is 5.99. The highest BCUT2D eigenvalue weighted by Crippen LogP contribution is 2.46. The maximum Gasteiger partial charge on any atom is 0.163 e. The third kappa shape index (κ3) is 2.07. The van der Waals surface area contributed by atoms with Crippen LogP contribution in [0.2, 0.25) is 0 Å². The zero-order chi connectivity index (χ0) is 15.1. The standard InChI is InChI=1S/C20H18O2/c1-13-9-11-14(12-10-13)19-15-5-2-3-7-17(15)22-18-8-4-6-16(21)20(18)19/h2-3,5,7,9-12,19H,4,6,8H2,1H3. The normalized spacial score (nSPS) is 20.2. The van der Waals surface area contributed by atoms with E-state index in [4.69, 9.17) is 4.74 Å². The Morgan fingerprint density at radius 2 is 1.77 bits per heavy atom. The second kappa shape index (κ2) is 5.13. The van der Waals surface area contributed by atoms with E-state index in [9.17, 15) is 4.79 Å². The number of hydrogen-bond acceptors (Lipinski definition) is 2. The van der Waals surface area contributed by atoms with Crippen LogP contribution in [0.25, 0.3) is 0 Å². The smallest absolute Gasteiger partial charge is 0.163 e. The second-order valence-electron chi connectivity index (χ2n) is 6.10. The molecule has 0 N–H and O–H groups in total. The lowest BCUT2D eigenvalue weighted by molar-refractivity contribution is -0.116. The third-order valence-corrected chi connectivity index (χ3v) is 4.57. The monoisotopic (exact) mass is 290 g/mol. The van der Waals surface area contributed by atoms with Crippen molar-refractivity contribution in [3.63, 3.8) is 0 Å². The summed E-state index contributed by atoms with van der Waals surface area (Å²) in [7, 11) is 0. The number of aryl methyl sites for hydroxylation is 1. The predicted octanol–water partition coefficient (Wildman–Crippen LogP) is 4.53. The van der Waals surface area contributed by atoms with Crippen molar-refractivity contribution in [1.29, 1.82) is 0 Å². The molecule has 0 amide bonds. The van der Waals surface area contributed by atoms with Gasteiger partial charge in [0.1, 0.15) is 11.5 Å². The Kier molecular flexibility index (Phi) is 3.11. The molecule has 22 heavy (non-hydrogen) atoms. The summed E-state index contributed by atoms with van der Waals surface area (Å²) in [4.78, 5) is 12.6. The van der Waals surface area contributed by atoms with E-state index in [1.165, 1.54) is 11.1 Å². The summed E-state index contributed by atoms with van der Waals surface area (Å²) in [6, 6.07) is 16.6. The molecule has 4 rings (SSSR count). The number of ether oxygens (including phenoxy) is 1. The van der Waals surface area contributed by atoms with Crippen molar-refractivity contribution >= 4 is 5.78 Å². The van der Waals surface area contributed by atoms with E-state index in [1.807, 2.05) is 18.2 Å². The Labute approximate surface area is 130 Å². The Bertz CT molecular complexity index is 769. The van der Waals surface area contributed by atoms with Gasteiger partial charge >= 0.3 is 0 Å². The minimum Gasteiger partial charge on any atom is -0.461 e. The molecule has 1 unspecified atom stereocenters. The highest BCUT2D eigenvalue weighted by Gasteiger charge is 2.36. The van der Waals surface area contributed by atoms with Gasteiger partial charge in [-0.25, -0.2) is 0 Å². The molecular formula is C20H18O2. The number of rotatable bonds is 1. The van der Waals surface area contributed by atoms with Crippen molar-refractivity contribution < 1.29 is 9.53 Å². The molecule has 1 aliphatic carbocycles. The predicted molar refractivity (Wildman–Crippen MR) is 86.0 cm³/mol. The Morgan fingerprint density at radius 1 is 1.00 bits per heavy atom. The SMILES string of the molecule is Cc1ccc(C2C3=C(CCCC3=O)Oc3ccccc32)cc1. The Balaban J connectivity index is 1.93. The molecule has 1 aliphatic heterocycles. The van der Waals surface area contributed by atoms with Crippen LogP contribution in [-0.4, -0.2) is 5.78 Å². The number of benzene rings is 2. The molecule has 0 bridgehead atoms. The second-order valence-corrected chi connectivity index (χ2v) is 6.10. The molecule has 0 saturated carbocycles. The first-order chi connectivity index (χ1) is 10.7. The van der Waals surface area contributed by atoms with Crippen LogP contribution in [-0.2, 0) is 4.79 Å². The molecule has 1 atom stereocenters. The molecule has 2 aromatic rings. The lowest BCUT2D eigenvalue weighted by Crippen LogP contribution is -2.25. The van der Waals surface area contributed by atoms with E-state index in [-0.39, 0.29) is 11.7 Å². The summed E-state index contributed by atoms with van der Waals surface area (Å²) in [6.07, 6.45) is 2.38. The summed E-state index contributed by atoms with van der Waals surface area (Å²) in [5, 5.41) is 0. The van der Waals surface area contributed by atoms with Crippen LogP contribution < -0.4 is 4.74 Å². The summed E-state index contributed by atoms with van der Waals surface area (Å²) >= 11 is 0. The molecule has 2 aliphatic rings. The van der Waals surface area contributed by atoms with Gasteiger partial charge in [0.05, 0.1) is 0 Å². The molecule has 2 nitrogen and oxygen atoms in total. The van der Waals surface area contributed by atoms with Gasteiger partial charge in [-0.05, 0) is 25.0 Å². The number of fused-ring (bicyclic) bond motifs is 1. The average Bonchev–Trinajstić information content (AvgIpc) is 2.54. The largest absolute Gasteiger partial charge is 0.461 e. The molecular weight excluding hydrogens is 272 g/mol. The van der Waals surface area contributed by atoms with Gasteiger partial charge in [0.25, 0.3) is 0 Å². The van der Waals surface area contributed by atoms with Crippen molar-refractivity contribution in [2.24, 2.45) is 0 Å². The van der Waals surface area contributed by atoms with Crippen LogP contribution in [0.3, 0.4) is 0 Å². The van der Waals surface area contributed by atoms with Crippen molar-refractivity contribution in [1.82, 2.24) is 0 Å². The first kappa shape index (κ1) is 13.3. The van der Waals surface area contributed by atoms with E-state index >= 15 is 0 Å². The number of allylic oxidation sites excluding steroid dienone is 2. The minimum atomic E-state index is 0.00773. The molecule has 0 fully saturated rings. The van der Waals surface area contributed by atoms with Gasteiger partial charge in [0, 0.05) is 29.9 Å². The number of Topliss-reactive ketones (excluding diaryl/α,β-unsaturated/α-hetero) is 1. The van der Waals surface area contributed by atoms with E-state index in [0.717, 1.165) is 35.5 Å². The number of para-hydroxylation sites is 1. The summed E-state index contributed by atoms with van der Waals surface area (Å²) in [6.45, 7) is 2.08. The fourth-order valence-corrected chi connectivity index (χ4v) is 3.47. The minimum absolute atomic E-state index is 0.00773. The Hall–Kier alpha value is -2.35. The van der Waals surface area contributed by atoms with E-state index in [1.54, 1.807) is 0 Å². The Morgan fingerprint density at radius 3 is 2.59 bits per heavy atom. The quantitative estimate of drug-likeness (QED) is 0.771. The zero-order valence-electron chi connectivity index (χ0n) is 12.6. The van der Waals surface area contributed by atoms with Crippen molar-refractivity contribution in [2.75, 3.05) is 0 Å². The highest BCUT2D eigenvalue weighted by atomic mass is 16.5. The fraction of sp³-hybridized carbons (Fsp3) is 0.250. The molecule has 2 heteroatoms. The third-order valence-electron chi connectivity index (χ3n) is 4.57. The lowest BCUT2D eigenvalue weighted by Gasteiger charge is -2.32. The maximum atomic E-state index is 12.6. The van der Waals surface area contributed by atoms with Crippen LogP contribution in [0.15, 0.2) is 59.9 Å². The number of carbonyl (C=O) groups excluding carboxylic acids is 1. The molecule has 0 saturated heterocycles. The average molecular weight is 290 g/mol. The van der Waals surface area contributed by atoms with Gasteiger partial charge in [0.2, 0.25) is 0 Å². The van der Waals surface area contributed by atoms with Crippen molar-refractivity contribution in [3.8, 4) is 5.75 Å². The first-order valence-electron chi connectivity index (χ1n) is 7.83. The molecule has 110 valence electrons. The van der Waals surface area contributed by atoms with E-state index < -0.39 is 0 Å². The molecule has 2 aromatic carbocycles. The lowest BCUT2D eigenvalue weighted by atomic mass is 9.77. The van der Waals surface area contributed by atoms with Crippen molar-refractivity contribution in [2.45, 2.75) is 32.1 Å². The van der Waals surface area contributed by atoms with Gasteiger partial charge in [-0.15, -0.1) is 0 Å². The van der Waals surface area contributed by atoms with Gasteiger partial charge < -0.3 is 4.74 Å². The first-order valence-corrected chi connectivity index (χ1v) is 7.83. The number of carbonyl (C=O) groups is 1. The van der Waals surface area contributed by atoms with E-state index in [2.05, 4.69) is 37.3 Å². The summed E-state index contributed by atoms with van der Waals surface area (Å²) in [5.41, 5.74) is 4.37. The summed E-state index contributed by atoms with van der Waals surface area (Å²) < 4.78 is 6.04. The van der Waals surface area contributed by atoms with Gasteiger partial charge in [-0.1, -0.05) is 48.0 Å². The van der Waals surface area contributed by atoms with Crippen LogP contribution >= 0.6 is 0 Å². The molecule has 0 aromatic heterocycles. The maximum absolute atomic E-state index is 12.6.